The van der Waals surface area contributed by atoms with Gasteiger partial charge in [0.2, 0.25) is 0 Å². The topological polar surface area (TPSA) is 39.1 Å². The lowest BCUT2D eigenvalue weighted by atomic mass is 10.1. The number of unbranched alkanes of at least 4 members (excludes halogenated alkanes) is 1. The van der Waals surface area contributed by atoms with Crippen LogP contribution in [-0.4, -0.2) is 30.0 Å². The predicted octanol–water partition coefficient (Wildman–Crippen LogP) is 2.15. The second-order valence-electron chi connectivity index (χ2n) is 5.34. The van der Waals surface area contributed by atoms with Gasteiger partial charge < -0.3 is 10.1 Å². The molecule has 1 heterocycles. The van der Waals surface area contributed by atoms with Gasteiger partial charge in [-0.15, -0.1) is 0 Å². The third-order valence-corrected chi connectivity index (χ3v) is 2.60. The van der Waals surface area contributed by atoms with Crippen molar-refractivity contribution in [3.63, 3.8) is 0 Å². The summed E-state index contributed by atoms with van der Waals surface area (Å²) >= 11 is 0. The van der Waals surface area contributed by atoms with Crippen LogP contribution in [0.5, 0.6) is 0 Å². The zero-order valence-electron chi connectivity index (χ0n) is 11.5. The molecule has 1 N–H and O–H groups in total. The van der Waals surface area contributed by atoms with Crippen molar-refractivity contribution in [3.05, 3.63) is 18.0 Å². The first-order valence-corrected chi connectivity index (χ1v) is 6.27. The molecule has 17 heavy (non-hydrogen) atoms. The lowest BCUT2D eigenvalue weighted by Gasteiger charge is -2.18. The predicted molar refractivity (Wildman–Crippen MR) is 70.0 cm³/mol. The summed E-state index contributed by atoms with van der Waals surface area (Å²) in [5, 5.41) is 7.79. The normalized spacial score (nSPS) is 12.0. The Morgan fingerprint density at radius 3 is 2.71 bits per heavy atom. The number of hydrogen-bond acceptors (Lipinski definition) is 3. The first-order valence-electron chi connectivity index (χ1n) is 6.27. The first kappa shape index (κ1) is 14.2. The van der Waals surface area contributed by atoms with Crippen molar-refractivity contribution in [2.45, 2.75) is 45.7 Å². The third kappa shape index (κ3) is 5.33. The SMILES string of the molecule is COCCCCNCc1cnn(C(C)(C)C)c1. The number of aromatic nitrogens is 2. The van der Waals surface area contributed by atoms with Crippen molar-refractivity contribution in [3.8, 4) is 0 Å². The lowest BCUT2D eigenvalue weighted by molar-refractivity contribution is 0.192. The summed E-state index contributed by atoms with van der Waals surface area (Å²) < 4.78 is 7.02. The molecule has 0 fully saturated rings. The van der Waals surface area contributed by atoms with Gasteiger partial charge in [-0.3, -0.25) is 4.68 Å². The standard InChI is InChI=1S/C13H25N3O/c1-13(2,3)16-11-12(10-15-16)9-14-7-5-6-8-17-4/h10-11,14H,5-9H2,1-4H3. The van der Waals surface area contributed by atoms with Crippen LogP contribution in [0.15, 0.2) is 12.4 Å². The molecular weight excluding hydrogens is 214 g/mol. The number of nitrogens with one attached hydrogen (secondary N) is 1. The Morgan fingerprint density at radius 1 is 1.35 bits per heavy atom. The van der Waals surface area contributed by atoms with Gasteiger partial charge in [0.15, 0.2) is 0 Å². The van der Waals surface area contributed by atoms with Crippen molar-refractivity contribution in [1.29, 1.82) is 0 Å². The average Bonchev–Trinajstić information content (AvgIpc) is 2.71. The fourth-order valence-electron chi connectivity index (χ4n) is 1.55. The first-order chi connectivity index (χ1) is 8.04. The molecule has 0 spiro atoms. The second-order valence-corrected chi connectivity index (χ2v) is 5.34. The molecule has 98 valence electrons. The zero-order chi connectivity index (χ0) is 12.7. The molecule has 1 aromatic heterocycles. The number of nitrogens with zero attached hydrogens (tertiary/aromatic N) is 2. The number of methoxy groups -OCH3 is 1. The molecule has 4 nitrogen and oxygen atoms in total. The summed E-state index contributed by atoms with van der Waals surface area (Å²) in [6.45, 7) is 9.24. The second kappa shape index (κ2) is 6.77. The smallest absolute Gasteiger partial charge is 0.0543 e. The Bertz CT molecular complexity index is 315. The third-order valence-electron chi connectivity index (χ3n) is 2.60. The Labute approximate surface area is 104 Å². The van der Waals surface area contributed by atoms with Gasteiger partial charge in [-0.2, -0.15) is 5.10 Å². The van der Waals surface area contributed by atoms with Crippen LogP contribution in [0, 0.1) is 0 Å². The summed E-state index contributed by atoms with van der Waals surface area (Å²) in [4.78, 5) is 0. The molecule has 0 unspecified atom stereocenters. The summed E-state index contributed by atoms with van der Waals surface area (Å²) in [7, 11) is 1.74. The van der Waals surface area contributed by atoms with Crippen molar-refractivity contribution in [2.75, 3.05) is 20.3 Å². The molecular formula is C13H25N3O. The molecule has 0 aliphatic heterocycles. The van der Waals surface area contributed by atoms with Gasteiger partial charge in [0.05, 0.1) is 11.7 Å². The molecule has 1 rings (SSSR count). The van der Waals surface area contributed by atoms with Crippen LogP contribution in [0.25, 0.3) is 0 Å². The molecule has 0 aromatic carbocycles. The minimum atomic E-state index is 0.0662. The van der Waals surface area contributed by atoms with Gasteiger partial charge in [0, 0.05) is 32.0 Å². The maximum Gasteiger partial charge on any atom is 0.0543 e. The largest absolute Gasteiger partial charge is 0.385 e. The van der Waals surface area contributed by atoms with E-state index in [2.05, 4.69) is 37.4 Å². The Morgan fingerprint density at radius 2 is 2.12 bits per heavy atom. The van der Waals surface area contributed by atoms with Crippen LogP contribution in [0.2, 0.25) is 0 Å². The quantitative estimate of drug-likeness (QED) is 0.741. The van der Waals surface area contributed by atoms with E-state index in [1.807, 2.05) is 10.9 Å². The minimum absolute atomic E-state index is 0.0662. The monoisotopic (exact) mass is 239 g/mol. The van der Waals surface area contributed by atoms with Gasteiger partial charge in [-0.1, -0.05) is 0 Å². The van der Waals surface area contributed by atoms with E-state index in [-0.39, 0.29) is 5.54 Å². The maximum atomic E-state index is 5.01. The van der Waals surface area contributed by atoms with Gasteiger partial charge in [0.25, 0.3) is 0 Å². The lowest BCUT2D eigenvalue weighted by Crippen LogP contribution is -2.22. The molecule has 0 bridgehead atoms. The fraction of sp³-hybridized carbons (Fsp3) is 0.769. The highest BCUT2D eigenvalue weighted by Crippen LogP contribution is 2.12. The van der Waals surface area contributed by atoms with Gasteiger partial charge >= 0.3 is 0 Å². The van der Waals surface area contributed by atoms with Crippen LogP contribution in [0.1, 0.15) is 39.2 Å². The highest BCUT2D eigenvalue weighted by Gasteiger charge is 2.13. The Hall–Kier alpha value is -0.870. The van der Waals surface area contributed by atoms with E-state index >= 15 is 0 Å². The van der Waals surface area contributed by atoms with Crippen molar-refractivity contribution < 1.29 is 4.74 Å². The molecule has 0 amide bonds. The van der Waals surface area contributed by atoms with Gasteiger partial charge in [-0.25, -0.2) is 0 Å². The summed E-state index contributed by atoms with van der Waals surface area (Å²) in [5.41, 5.74) is 1.31. The molecule has 0 aliphatic carbocycles. The molecule has 0 saturated heterocycles. The molecule has 0 atom stereocenters. The van der Waals surface area contributed by atoms with Crippen LogP contribution >= 0.6 is 0 Å². The highest BCUT2D eigenvalue weighted by molar-refractivity contribution is 5.04. The van der Waals surface area contributed by atoms with E-state index in [0.717, 1.165) is 32.5 Å². The molecule has 0 saturated carbocycles. The highest BCUT2D eigenvalue weighted by atomic mass is 16.5. The van der Waals surface area contributed by atoms with E-state index in [1.165, 1.54) is 5.56 Å². The molecule has 4 heteroatoms. The average molecular weight is 239 g/mol. The molecule has 0 radical (unpaired) electrons. The van der Waals surface area contributed by atoms with Crippen molar-refractivity contribution in [1.82, 2.24) is 15.1 Å². The van der Waals surface area contributed by atoms with E-state index in [1.54, 1.807) is 7.11 Å². The van der Waals surface area contributed by atoms with E-state index in [9.17, 15) is 0 Å². The number of hydrogen-bond donors (Lipinski definition) is 1. The van der Waals surface area contributed by atoms with Crippen LogP contribution in [0.4, 0.5) is 0 Å². The van der Waals surface area contributed by atoms with Gasteiger partial charge in [-0.05, 0) is 40.2 Å². The van der Waals surface area contributed by atoms with Gasteiger partial charge in [0.1, 0.15) is 0 Å². The van der Waals surface area contributed by atoms with Crippen LogP contribution in [-0.2, 0) is 16.8 Å². The van der Waals surface area contributed by atoms with Crippen molar-refractivity contribution in [2.24, 2.45) is 0 Å². The Kier molecular flexibility index (Phi) is 5.65. The number of ether oxygens (including phenoxy) is 1. The van der Waals surface area contributed by atoms with E-state index in [0.29, 0.717) is 0 Å². The molecule has 0 aliphatic rings. The van der Waals surface area contributed by atoms with Crippen LogP contribution < -0.4 is 5.32 Å². The summed E-state index contributed by atoms with van der Waals surface area (Å²) in [6.07, 6.45) is 6.32. The number of rotatable bonds is 7. The fourth-order valence-corrected chi connectivity index (χ4v) is 1.55. The maximum absolute atomic E-state index is 5.01. The molecule has 1 aromatic rings. The van der Waals surface area contributed by atoms with Crippen molar-refractivity contribution >= 4 is 0 Å². The minimum Gasteiger partial charge on any atom is -0.385 e. The summed E-state index contributed by atoms with van der Waals surface area (Å²) in [5.74, 6) is 0. The van der Waals surface area contributed by atoms with E-state index < -0.39 is 0 Å². The zero-order valence-corrected chi connectivity index (χ0v) is 11.5. The Balaban J connectivity index is 2.21. The van der Waals surface area contributed by atoms with Crippen LogP contribution in [0.3, 0.4) is 0 Å². The van der Waals surface area contributed by atoms with E-state index in [4.69, 9.17) is 4.74 Å². The summed E-state index contributed by atoms with van der Waals surface area (Å²) in [6, 6.07) is 0.